The molecule has 1 N–H and O–H groups in total. The number of hydrogen-bond donors (Lipinski definition) is 1. The molecule has 0 fully saturated rings. The van der Waals surface area contributed by atoms with Crippen molar-refractivity contribution < 1.29 is 40.5 Å². The molecular weight excluding hydrogens is 666 g/mol. The van der Waals surface area contributed by atoms with E-state index in [0.717, 1.165) is 42.6 Å². The summed E-state index contributed by atoms with van der Waals surface area (Å²) in [6.45, 7) is 0. The van der Waals surface area contributed by atoms with Crippen molar-refractivity contribution in [1.82, 2.24) is 8.96 Å². The summed E-state index contributed by atoms with van der Waals surface area (Å²) in [6, 6.07) is 20.3. The number of aromatic carboxylic acids is 1. The van der Waals surface area contributed by atoms with E-state index in [1.807, 2.05) is 0 Å². The summed E-state index contributed by atoms with van der Waals surface area (Å²) in [5.74, 6) is -1.98. The quantitative estimate of drug-likeness (QED) is 0.170. The summed E-state index contributed by atoms with van der Waals surface area (Å²) in [4.78, 5) is 15.6. The van der Waals surface area contributed by atoms with Crippen LogP contribution in [0.2, 0.25) is 5.02 Å². The highest BCUT2D eigenvalue weighted by Gasteiger charge is 2.37. The molecule has 47 heavy (non-hydrogen) atoms. The van der Waals surface area contributed by atoms with E-state index in [0.29, 0.717) is 11.1 Å². The third kappa shape index (κ3) is 6.01. The first-order valence-electron chi connectivity index (χ1n) is 13.7. The zero-order valence-corrected chi connectivity index (χ0v) is 25.2. The molecule has 0 saturated heterocycles. The molecule has 0 amide bonds. The largest absolute Gasteiger partial charge is 0.478 e. The second-order valence-electron chi connectivity index (χ2n) is 10.3. The van der Waals surface area contributed by atoms with Gasteiger partial charge >= 0.3 is 12.1 Å². The number of nitrogens with zero attached hydrogens (tertiary/aromatic N) is 2. The minimum atomic E-state index is -4.88. The van der Waals surface area contributed by atoms with Gasteiger partial charge in [0.05, 0.1) is 32.9 Å². The third-order valence-corrected chi connectivity index (χ3v) is 9.10. The molecule has 6 rings (SSSR count). The van der Waals surface area contributed by atoms with Crippen molar-refractivity contribution in [3.63, 3.8) is 0 Å². The van der Waals surface area contributed by atoms with Crippen LogP contribution in [-0.2, 0) is 17.2 Å². The Morgan fingerprint density at radius 1 is 0.894 bits per heavy atom. The van der Waals surface area contributed by atoms with Gasteiger partial charge in [-0.05, 0) is 66.2 Å². The Morgan fingerprint density at radius 2 is 1.62 bits per heavy atom. The van der Waals surface area contributed by atoms with Gasteiger partial charge in [-0.1, -0.05) is 48.0 Å². The minimum absolute atomic E-state index is 0.0315. The van der Waals surface area contributed by atoms with Crippen LogP contribution in [0.4, 0.5) is 26.3 Å². The number of pyridine rings is 1. The number of hydrogen-bond acceptors (Lipinski definition) is 3. The van der Waals surface area contributed by atoms with Crippen molar-refractivity contribution in [2.75, 3.05) is 0 Å². The van der Waals surface area contributed by atoms with Crippen LogP contribution in [0.3, 0.4) is 0 Å². The first kappa shape index (κ1) is 32.0. The van der Waals surface area contributed by atoms with Gasteiger partial charge in [-0.15, -0.1) is 0 Å². The lowest BCUT2D eigenvalue weighted by atomic mass is 9.96. The molecule has 1 unspecified atom stereocenters. The number of rotatable bonds is 7. The van der Waals surface area contributed by atoms with E-state index in [1.54, 1.807) is 24.3 Å². The number of carboxylic acids is 1. The fourth-order valence-electron chi connectivity index (χ4n) is 5.29. The average molecular weight is 685 g/mol. The highest BCUT2D eigenvalue weighted by Crippen LogP contribution is 2.46. The van der Waals surface area contributed by atoms with Crippen LogP contribution >= 0.6 is 11.6 Å². The Kier molecular flexibility index (Phi) is 8.41. The van der Waals surface area contributed by atoms with E-state index >= 15 is 0 Å². The van der Waals surface area contributed by atoms with Gasteiger partial charge in [0.2, 0.25) is 0 Å². The second-order valence-corrected chi connectivity index (χ2v) is 12.0. The van der Waals surface area contributed by atoms with Gasteiger partial charge in [-0.3, -0.25) is 8.96 Å². The smallest absolute Gasteiger partial charge is 0.418 e. The number of benzene rings is 4. The number of carboxylic acid groups (broad SMARTS) is 1. The first-order valence-corrected chi connectivity index (χ1v) is 15.1. The molecule has 13 heteroatoms. The Labute approximate surface area is 270 Å². The molecule has 1 atom stereocenters. The first-order chi connectivity index (χ1) is 22.3. The third-order valence-electron chi connectivity index (χ3n) is 7.40. The van der Waals surface area contributed by atoms with Crippen molar-refractivity contribution in [2.24, 2.45) is 0 Å². The fraction of sp³-hybridized carbons (Fsp3) is 0.0588. The van der Waals surface area contributed by atoms with Crippen LogP contribution in [0, 0.1) is 5.82 Å². The van der Waals surface area contributed by atoms with Crippen molar-refractivity contribution in [2.45, 2.75) is 17.5 Å². The molecule has 6 aromatic rings. The van der Waals surface area contributed by atoms with E-state index in [1.165, 1.54) is 40.4 Å². The van der Waals surface area contributed by atoms with Gasteiger partial charge in [-0.2, -0.15) is 13.2 Å². The van der Waals surface area contributed by atoms with E-state index in [2.05, 4.69) is 4.98 Å². The van der Waals surface area contributed by atoms with Crippen molar-refractivity contribution in [3.8, 4) is 33.6 Å². The molecule has 2 aromatic heterocycles. The van der Waals surface area contributed by atoms with Crippen molar-refractivity contribution >= 4 is 39.5 Å². The van der Waals surface area contributed by atoms with Gasteiger partial charge in [0, 0.05) is 38.9 Å². The summed E-state index contributed by atoms with van der Waals surface area (Å²) in [5, 5.41) is 9.40. The van der Waals surface area contributed by atoms with Crippen LogP contribution in [0.25, 0.3) is 44.5 Å². The number of carbonyl (C=O) groups is 1. The van der Waals surface area contributed by atoms with Gasteiger partial charge < -0.3 is 5.11 Å². The second kappa shape index (κ2) is 12.3. The van der Waals surface area contributed by atoms with Crippen molar-refractivity contribution in [1.29, 1.82) is 0 Å². The Hall–Kier alpha value is -4.94. The predicted molar refractivity (Wildman–Crippen MR) is 166 cm³/mol. The maximum absolute atomic E-state index is 14.8. The van der Waals surface area contributed by atoms with E-state index in [-0.39, 0.29) is 48.8 Å². The Bertz CT molecular complexity index is 2200. The maximum Gasteiger partial charge on any atom is 0.418 e. The number of alkyl halides is 5. The molecule has 0 radical (unpaired) electrons. The van der Waals surface area contributed by atoms with Gasteiger partial charge in [0.1, 0.15) is 5.82 Å². The summed E-state index contributed by atoms with van der Waals surface area (Å²) < 4.78 is 100. The number of aromatic nitrogens is 2. The lowest BCUT2D eigenvalue weighted by Gasteiger charge is -2.16. The molecule has 0 spiro atoms. The van der Waals surface area contributed by atoms with E-state index in [9.17, 15) is 40.5 Å². The zero-order valence-electron chi connectivity index (χ0n) is 23.6. The van der Waals surface area contributed by atoms with Crippen LogP contribution in [-0.4, -0.2) is 24.2 Å². The summed E-state index contributed by atoms with van der Waals surface area (Å²) in [6.07, 6.45) is -6.52. The summed E-state index contributed by atoms with van der Waals surface area (Å²) in [7, 11) is -2.26. The molecule has 0 saturated carbocycles. The summed E-state index contributed by atoms with van der Waals surface area (Å²) in [5.41, 5.74) is -1.14. The molecule has 0 aliphatic carbocycles. The minimum Gasteiger partial charge on any atom is -0.478 e. The van der Waals surface area contributed by atoms with E-state index < -0.39 is 46.6 Å². The molecular formula is C34H19ClF6N2O3S. The molecule has 238 valence electrons. The van der Waals surface area contributed by atoms with Crippen molar-refractivity contribution in [3.05, 3.63) is 131 Å². The molecule has 4 aromatic carbocycles. The van der Waals surface area contributed by atoms with Gasteiger partial charge in [0.25, 0.3) is 6.43 Å². The van der Waals surface area contributed by atoms with Gasteiger partial charge in [0.15, 0.2) is 11.0 Å². The van der Waals surface area contributed by atoms with Crippen LogP contribution in [0.5, 0.6) is 0 Å². The molecule has 0 aliphatic rings. The standard InChI is InChI=1S/C34H19ClF6N2O3S/c35-27-16-21(33(44)45)8-12-24(27)19-3-1-4-20(15-19)31-29(30-26(34(39,40)41)5-2-14-42-30)25-17-22(36)9-13-28(25)43(31)47(46)23-10-6-18(7-11-23)32(37)38/h1-17,32H,(H,44,45). The van der Waals surface area contributed by atoms with Crippen LogP contribution in [0.15, 0.2) is 108 Å². The lowest BCUT2D eigenvalue weighted by Crippen LogP contribution is -2.10. The monoisotopic (exact) mass is 684 g/mol. The Balaban J connectivity index is 1.70. The lowest BCUT2D eigenvalue weighted by molar-refractivity contribution is -0.137. The van der Waals surface area contributed by atoms with Crippen LogP contribution < -0.4 is 0 Å². The Morgan fingerprint density at radius 3 is 2.28 bits per heavy atom. The average Bonchev–Trinajstić information content (AvgIpc) is 3.38. The highest BCUT2D eigenvalue weighted by molar-refractivity contribution is 7.83. The number of halogens is 7. The highest BCUT2D eigenvalue weighted by atomic mass is 35.5. The zero-order chi connectivity index (χ0) is 33.6. The molecule has 2 heterocycles. The summed E-state index contributed by atoms with van der Waals surface area (Å²) >= 11 is 6.44. The van der Waals surface area contributed by atoms with Crippen LogP contribution in [0.1, 0.15) is 27.9 Å². The molecule has 0 aliphatic heterocycles. The normalized spacial score (nSPS) is 12.5. The topological polar surface area (TPSA) is 72.2 Å². The van der Waals surface area contributed by atoms with Gasteiger partial charge in [-0.25, -0.2) is 22.2 Å². The predicted octanol–water partition coefficient (Wildman–Crippen LogP) is 10.1. The number of fused-ring (bicyclic) bond motifs is 1. The van der Waals surface area contributed by atoms with E-state index in [4.69, 9.17) is 11.6 Å². The molecule has 5 nitrogen and oxygen atoms in total. The SMILES string of the molecule is O=C(O)c1ccc(-c2cccc(-c3c(-c4ncccc4C(F)(F)F)c4cc(F)ccc4n3S(=O)c3ccc(C(F)F)cc3)c2)c(Cl)c1. The fourth-order valence-corrected chi connectivity index (χ4v) is 6.86. The molecule has 0 bridgehead atoms. The maximum atomic E-state index is 14.8.